The number of nitrogens with one attached hydrogen (secondary N) is 1. The summed E-state index contributed by atoms with van der Waals surface area (Å²) in [5, 5.41) is 3.34. The van der Waals surface area contributed by atoms with Crippen molar-refractivity contribution >= 4 is 22.5 Å². The van der Waals surface area contributed by atoms with Crippen LogP contribution in [-0.4, -0.2) is 43.2 Å². The van der Waals surface area contributed by atoms with Gasteiger partial charge in [0.1, 0.15) is 0 Å². The van der Waals surface area contributed by atoms with Crippen molar-refractivity contribution in [1.29, 1.82) is 0 Å². The van der Waals surface area contributed by atoms with E-state index in [0.29, 0.717) is 18.3 Å². The average Bonchev–Trinajstić information content (AvgIpc) is 2.60. The van der Waals surface area contributed by atoms with Crippen LogP contribution in [-0.2, 0) is 4.74 Å². The fourth-order valence-electron chi connectivity index (χ4n) is 0.929. The molecule has 6 heteroatoms. The molecule has 0 saturated heterocycles. The van der Waals surface area contributed by atoms with E-state index >= 15 is 0 Å². The molecule has 0 saturated carbocycles. The number of urea groups is 1. The lowest BCUT2D eigenvalue weighted by atomic mass is 10.6. The minimum Gasteiger partial charge on any atom is -0.383 e. The van der Waals surface area contributed by atoms with Crippen LogP contribution in [0.4, 0.5) is 9.93 Å². The van der Waals surface area contributed by atoms with E-state index in [4.69, 9.17) is 4.74 Å². The van der Waals surface area contributed by atoms with E-state index in [1.54, 1.807) is 25.3 Å². The predicted molar refractivity (Wildman–Crippen MR) is 60.4 cm³/mol. The van der Waals surface area contributed by atoms with Crippen LogP contribution in [0.5, 0.6) is 0 Å². The van der Waals surface area contributed by atoms with E-state index in [0.717, 1.165) is 4.88 Å². The van der Waals surface area contributed by atoms with Gasteiger partial charge in [0, 0.05) is 31.8 Å². The van der Waals surface area contributed by atoms with Gasteiger partial charge in [-0.05, 0) is 6.92 Å². The lowest BCUT2D eigenvalue weighted by molar-refractivity contribution is 0.165. The van der Waals surface area contributed by atoms with Crippen LogP contribution in [0, 0.1) is 6.92 Å². The molecule has 2 amide bonds. The predicted octanol–water partition coefficient (Wildman–Crippen LogP) is 1.56. The monoisotopic (exact) mass is 229 g/mol. The number of ether oxygens (including phenoxy) is 1. The number of aromatic nitrogens is 1. The van der Waals surface area contributed by atoms with Crippen LogP contribution in [0.25, 0.3) is 0 Å². The van der Waals surface area contributed by atoms with Crippen LogP contribution in [0.15, 0.2) is 6.20 Å². The molecule has 5 nitrogen and oxygen atoms in total. The van der Waals surface area contributed by atoms with E-state index in [-0.39, 0.29) is 6.03 Å². The van der Waals surface area contributed by atoms with Gasteiger partial charge in [0.15, 0.2) is 5.13 Å². The second-order valence-corrected chi connectivity index (χ2v) is 4.36. The molecule has 1 rings (SSSR count). The Morgan fingerprint density at radius 3 is 3.00 bits per heavy atom. The number of hydrogen-bond donors (Lipinski definition) is 1. The van der Waals surface area contributed by atoms with Crippen LogP contribution in [0.3, 0.4) is 0 Å². The average molecular weight is 229 g/mol. The molecule has 1 aromatic heterocycles. The maximum absolute atomic E-state index is 11.6. The number of thiazole rings is 1. The summed E-state index contributed by atoms with van der Waals surface area (Å²) < 4.78 is 4.88. The molecular formula is C9H15N3O2S. The summed E-state index contributed by atoms with van der Waals surface area (Å²) in [5.41, 5.74) is 0. The van der Waals surface area contributed by atoms with E-state index in [1.165, 1.54) is 11.3 Å². The highest BCUT2D eigenvalue weighted by Crippen LogP contribution is 2.16. The Hall–Kier alpha value is -1.14. The van der Waals surface area contributed by atoms with Gasteiger partial charge in [0.2, 0.25) is 0 Å². The third-order valence-corrected chi connectivity index (χ3v) is 2.64. The lowest BCUT2D eigenvalue weighted by Gasteiger charge is -2.15. The Morgan fingerprint density at radius 2 is 2.47 bits per heavy atom. The molecule has 0 fully saturated rings. The maximum atomic E-state index is 11.6. The van der Waals surface area contributed by atoms with Crippen molar-refractivity contribution in [2.75, 3.05) is 32.6 Å². The molecule has 1 heterocycles. The highest BCUT2D eigenvalue weighted by molar-refractivity contribution is 7.15. The van der Waals surface area contributed by atoms with Crippen molar-refractivity contribution in [3.05, 3.63) is 11.1 Å². The summed E-state index contributed by atoms with van der Waals surface area (Å²) in [7, 11) is 3.32. The summed E-state index contributed by atoms with van der Waals surface area (Å²) >= 11 is 1.46. The van der Waals surface area contributed by atoms with Crippen molar-refractivity contribution in [1.82, 2.24) is 9.88 Å². The molecule has 15 heavy (non-hydrogen) atoms. The second kappa shape index (κ2) is 5.67. The topological polar surface area (TPSA) is 54.5 Å². The molecule has 0 aliphatic rings. The number of likely N-dealkylation sites (N-methyl/N-ethyl adjacent to an activating group) is 1. The number of aryl methyl sites for hydroxylation is 1. The van der Waals surface area contributed by atoms with Crippen LogP contribution < -0.4 is 5.32 Å². The SMILES string of the molecule is COCCN(C)C(=O)Nc1ncc(C)s1. The summed E-state index contributed by atoms with van der Waals surface area (Å²) in [4.78, 5) is 18.2. The van der Waals surface area contributed by atoms with Crippen molar-refractivity contribution in [3.8, 4) is 0 Å². The molecule has 0 radical (unpaired) electrons. The van der Waals surface area contributed by atoms with Crippen molar-refractivity contribution < 1.29 is 9.53 Å². The second-order valence-electron chi connectivity index (χ2n) is 3.12. The van der Waals surface area contributed by atoms with Gasteiger partial charge in [0.25, 0.3) is 0 Å². The standard InChI is InChI=1S/C9H15N3O2S/c1-7-6-10-8(15-7)11-9(13)12(2)4-5-14-3/h6H,4-5H2,1-3H3,(H,10,11,13). The van der Waals surface area contributed by atoms with Crippen molar-refractivity contribution in [2.45, 2.75) is 6.92 Å². The summed E-state index contributed by atoms with van der Waals surface area (Å²) in [6.07, 6.45) is 1.73. The first-order valence-corrected chi connectivity index (χ1v) is 5.38. The zero-order chi connectivity index (χ0) is 11.3. The first-order valence-electron chi connectivity index (χ1n) is 4.57. The van der Waals surface area contributed by atoms with E-state index in [9.17, 15) is 4.79 Å². The minimum atomic E-state index is -0.165. The number of methoxy groups -OCH3 is 1. The molecule has 1 aromatic rings. The fraction of sp³-hybridized carbons (Fsp3) is 0.556. The summed E-state index contributed by atoms with van der Waals surface area (Å²) in [5.74, 6) is 0. The highest BCUT2D eigenvalue weighted by Gasteiger charge is 2.09. The Kier molecular flexibility index (Phi) is 4.51. The van der Waals surface area contributed by atoms with Gasteiger partial charge in [-0.3, -0.25) is 5.32 Å². The number of anilines is 1. The Labute approximate surface area is 93.1 Å². The Balaban J connectivity index is 2.41. The summed E-state index contributed by atoms with van der Waals surface area (Å²) in [6, 6.07) is -0.165. The van der Waals surface area contributed by atoms with Gasteiger partial charge >= 0.3 is 6.03 Å². The zero-order valence-corrected chi connectivity index (χ0v) is 9.93. The third-order valence-electron chi connectivity index (χ3n) is 1.81. The summed E-state index contributed by atoms with van der Waals surface area (Å²) in [6.45, 7) is 3.04. The van der Waals surface area contributed by atoms with Crippen molar-refractivity contribution in [2.24, 2.45) is 0 Å². The van der Waals surface area contributed by atoms with E-state index in [2.05, 4.69) is 10.3 Å². The normalized spacial score (nSPS) is 10.1. The molecule has 0 aliphatic carbocycles. The fourth-order valence-corrected chi connectivity index (χ4v) is 1.58. The number of hydrogen-bond acceptors (Lipinski definition) is 4. The zero-order valence-electron chi connectivity index (χ0n) is 9.11. The van der Waals surface area contributed by atoms with Gasteiger partial charge in [-0.25, -0.2) is 9.78 Å². The molecule has 0 unspecified atom stereocenters. The number of amides is 2. The van der Waals surface area contributed by atoms with Crippen molar-refractivity contribution in [3.63, 3.8) is 0 Å². The van der Waals surface area contributed by atoms with Gasteiger partial charge in [0.05, 0.1) is 6.61 Å². The molecule has 0 atom stereocenters. The maximum Gasteiger partial charge on any atom is 0.323 e. The number of rotatable bonds is 4. The Bertz CT molecular complexity index is 327. The van der Waals surface area contributed by atoms with Crippen LogP contribution >= 0.6 is 11.3 Å². The molecule has 1 N–H and O–H groups in total. The van der Waals surface area contributed by atoms with E-state index in [1.807, 2.05) is 6.92 Å². The number of carbonyl (C=O) groups excluding carboxylic acids is 1. The quantitative estimate of drug-likeness (QED) is 0.852. The molecule has 0 aromatic carbocycles. The lowest BCUT2D eigenvalue weighted by Crippen LogP contribution is -2.33. The number of carbonyl (C=O) groups is 1. The first-order chi connectivity index (χ1) is 7.13. The molecule has 0 bridgehead atoms. The molecular weight excluding hydrogens is 214 g/mol. The van der Waals surface area contributed by atoms with Gasteiger partial charge in [-0.15, -0.1) is 11.3 Å². The smallest absolute Gasteiger partial charge is 0.323 e. The van der Waals surface area contributed by atoms with Gasteiger partial charge < -0.3 is 9.64 Å². The Morgan fingerprint density at radius 1 is 1.73 bits per heavy atom. The van der Waals surface area contributed by atoms with Crippen LogP contribution in [0.1, 0.15) is 4.88 Å². The largest absolute Gasteiger partial charge is 0.383 e. The van der Waals surface area contributed by atoms with E-state index < -0.39 is 0 Å². The first kappa shape index (κ1) is 11.9. The molecule has 84 valence electrons. The molecule has 0 spiro atoms. The third kappa shape index (κ3) is 3.85. The highest BCUT2D eigenvalue weighted by atomic mass is 32.1. The minimum absolute atomic E-state index is 0.165. The van der Waals surface area contributed by atoms with Gasteiger partial charge in [-0.2, -0.15) is 0 Å². The number of nitrogens with zero attached hydrogens (tertiary/aromatic N) is 2. The van der Waals surface area contributed by atoms with Gasteiger partial charge in [-0.1, -0.05) is 0 Å². The molecule has 0 aliphatic heterocycles. The van der Waals surface area contributed by atoms with Crippen LogP contribution in [0.2, 0.25) is 0 Å².